The molecule has 2 aromatic rings. The molecule has 0 aliphatic carbocycles. The summed E-state index contributed by atoms with van der Waals surface area (Å²) in [5, 5.41) is 2.92. The van der Waals surface area contributed by atoms with Gasteiger partial charge in [0.2, 0.25) is 21.8 Å². The van der Waals surface area contributed by atoms with Crippen LogP contribution in [0.15, 0.2) is 48.5 Å². The Labute approximate surface area is 209 Å². The van der Waals surface area contributed by atoms with Crippen LogP contribution in [0.2, 0.25) is 0 Å². The van der Waals surface area contributed by atoms with Gasteiger partial charge in [-0.1, -0.05) is 43.3 Å². The highest BCUT2D eigenvalue weighted by molar-refractivity contribution is 7.92. The highest BCUT2D eigenvalue weighted by Crippen LogP contribution is 2.30. The Kier molecular flexibility index (Phi) is 10.1. The summed E-state index contributed by atoms with van der Waals surface area (Å²) in [7, 11) is -3.83. The normalized spacial score (nSPS) is 13.0. The van der Waals surface area contributed by atoms with Crippen LogP contribution in [-0.4, -0.2) is 56.6 Å². The summed E-state index contributed by atoms with van der Waals surface area (Å²) >= 11 is 0. The van der Waals surface area contributed by atoms with Crippen molar-refractivity contribution in [2.45, 2.75) is 59.7 Å². The van der Waals surface area contributed by atoms with E-state index in [0.29, 0.717) is 12.4 Å². The standard InChI is InChI=1S/C26H37N3O5S/c1-7-20(4)27-26(31)21(5)28(17-22-14-10-9-13-19(22)3)25(30)18-29(35(6,32)33)23-15-11-12-16-24(23)34-8-2/h9-16,20-21H,7-8,17-18H2,1-6H3,(H,27,31)/t20-,21-/m0/s1. The lowest BCUT2D eigenvalue weighted by atomic mass is 10.1. The van der Waals surface area contributed by atoms with Crippen LogP contribution in [0.4, 0.5) is 5.69 Å². The van der Waals surface area contributed by atoms with Crippen molar-refractivity contribution in [1.29, 1.82) is 0 Å². The number of hydrogen-bond acceptors (Lipinski definition) is 5. The number of benzene rings is 2. The van der Waals surface area contributed by atoms with Gasteiger partial charge < -0.3 is 15.0 Å². The largest absolute Gasteiger partial charge is 0.492 e. The summed E-state index contributed by atoms with van der Waals surface area (Å²) < 4.78 is 32.2. The molecule has 0 aromatic heterocycles. The number of rotatable bonds is 12. The number of hydrogen-bond donors (Lipinski definition) is 1. The van der Waals surface area contributed by atoms with Crippen molar-refractivity contribution in [3.63, 3.8) is 0 Å². The summed E-state index contributed by atoms with van der Waals surface area (Å²) in [4.78, 5) is 28.1. The smallest absolute Gasteiger partial charge is 0.244 e. The molecule has 0 saturated carbocycles. The predicted molar refractivity (Wildman–Crippen MR) is 139 cm³/mol. The van der Waals surface area contributed by atoms with Gasteiger partial charge in [0.15, 0.2) is 0 Å². The van der Waals surface area contributed by atoms with Gasteiger partial charge in [0.1, 0.15) is 18.3 Å². The van der Waals surface area contributed by atoms with Gasteiger partial charge in [-0.25, -0.2) is 8.42 Å². The van der Waals surface area contributed by atoms with Gasteiger partial charge in [-0.3, -0.25) is 13.9 Å². The van der Waals surface area contributed by atoms with E-state index in [0.717, 1.165) is 28.1 Å². The summed E-state index contributed by atoms with van der Waals surface area (Å²) in [6, 6.07) is 13.4. The van der Waals surface area contributed by atoms with Crippen LogP contribution in [0.3, 0.4) is 0 Å². The molecule has 0 unspecified atom stereocenters. The minimum atomic E-state index is -3.83. The second kappa shape index (κ2) is 12.6. The number of carbonyl (C=O) groups excluding carboxylic acids is 2. The Morgan fingerprint density at radius 2 is 1.66 bits per heavy atom. The van der Waals surface area contributed by atoms with E-state index in [4.69, 9.17) is 4.74 Å². The first-order valence-corrected chi connectivity index (χ1v) is 13.7. The Morgan fingerprint density at radius 3 is 2.26 bits per heavy atom. The van der Waals surface area contributed by atoms with Crippen molar-refractivity contribution in [3.8, 4) is 5.75 Å². The number of carbonyl (C=O) groups is 2. The van der Waals surface area contributed by atoms with Crippen molar-refractivity contribution in [1.82, 2.24) is 10.2 Å². The molecule has 2 amide bonds. The van der Waals surface area contributed by atoms with Crippen LogP contribution < -0.4 is 14.4 Å². The van der Waals surface area contributed by atoms with E-state index in [1.165, 1.54) is 4.90 Å². The molecular weight excluding hydrogens is 466 g/mol. The molecule has 0 aliphatic heterocycles. The molecule has 0 aliphatic rings. The second-order valence-corrected chi connectivity index (χ2v) is 10.5. The van der Waals surface area contributed by atoms with Crippen LogP contribution >= 0.6 is 0 Å². The van der Waals surface area contributed by atoms with Crippen molar-refractivity contribution >= 4 is 27.5 Å². The molecule has 35 heavy (non-hydrogen) atoms. The summed E-state index contributed by atoms with van der Waals surface area (Å²) in [5.74, 6) is -0.417. The topological polar surface area (TPSA) is 96.0 Å². The van der Waals surface area contributed by atoms with Gasteiger partial charge in [-0.15, -0.1) is 0 Å². The fourth-order valence-corrected chi connectivity index (χ4v) is 4.41. The number of anilines is 1. The van der Waals surface area contributed by atoms with Gasteiger partial charge in [0, 0.05) is 12.6 Å². The fraction of sp³-hybridized carbons (Fsp3) is 0.462. The maximum absolute atomic E-state index is 13.7. The van der Waals surface area contributed by atoms with Crippen molar-refractivity contribution in [2.24, 2.45) is 0 Å². The molecule has 0 radical (unpaired) electrons. The van der Waals surface area contributed by atoms with E-state index in [2.05, 4.69) is 5.32 Å². The zero-order chi connectivity index (χ0) is 26.2. The summed E-state index contributed by atoms with van der Waals surface area (Å²) in [6.45, 7) is 9.31. The third-order valence-corrected chi connectivity index (χ3v) is 7.01. The van der Waals surface area contributed by atoms with Gasteiger partial charge in [0.05, 0.1) is 18.6 Å². The summed E-state index contributed by atoms with van der Waals surface area (Å²) in [6.07, 6.45) is 1.80. The zero-order valence-electron chi connectivity index (χ0n) is 21.4. The molecule has 2 aromatic carbocycles. The Balaban J connectivity index is 2.45. The third-order valence-electron chi connectivity index (χ3n) is 5.88. The molecule has 2 atom stereocenters. The quantitative estimate of drug-likeness (QED) is 0.478. The molecule has 0 spiro atoms. The molecule has 0 heterocycles. The van der Waals surface area contributed by atoms with E-state index < -0.39 is 28.5 Å². The van der Waals surface area contributed by atoms with Gasteiger partial charge in [-0.2, -0.15) is 0 Å². The molecule has 8 nitrogen and oxygen atoms in total. The van der Waals surface area contributed by atoms with Crippen molar-refractivity contribution in [2.75, 3.05) is 23.7 Å². The van der Waals surface area contributed by atoms with Crippen LogP contribution in [0.25, 0.3) is 0 Å². The van der Waals surface area contributed by atoms with Crippen LogP contribution in [0, 0.1) is 6.92 Å². The molecule has 9 heteroatoms. The van der Waals surface area contributed by atoms with Gasteiger partial charge in [-0.05, 0) is 57.4 Å². The van der Waals surface area contributed by atoms with E-state index >= 15 is 0 Å². The number of para-hydroxylation sites is 2. The van der Waals surface area contributed by atoms with Crippen molar-refractivity contribution in [3.05, 3.63) is 59.7 Å². The maximum atomic E-state index is 13.7. The van der Waals surface area contributed by atoms with Gasteiger partial charge in [0.25, 0.3) is 0 Å². The molecule has 2 rings (SSSR count). The number of nitrogens with zero attached hydrogens (tertiary/aromatic N) is 2. The second-order valence-electron chi connectivity index (χ2n) is 8.61. The monoisotopic (exact) mass is 503 g/mol. The highest BCUT2D eigenvalue weighted by Gasteiger charge is 2.31. The van der Waals surface area contributed by atoms with E-state index in [9.17, 15) is 18.0 Å². The number of nitrogens with one attached hydrogen (secondary N) is 1. The first kappa shape index (κ1) is 28.2. The highest BCUT2D eigenvalue weighted by atomic mass is 32.2. The number of sulfonamides is 1. The van der Waals surface area contributed by atoms with E-state index in [1.54, 1.807) is 38.1 Å². The van der Waals surface area contributed by atoms with Gasteiger partial charge >= 0.3 is 0 Å². The fourth-order valence-electron chi connectivity index (χ4n) is 3.55. The predicted octanol–water partition coefficient (Wildman–Crippen LogP) is 3.49. The number of ether oxygens (including phenoxy) is 1. The minimum absolute atomic E-state index is 0.0500. The average Bonchev–Trinajstić information content (AvgIpc) is 2.81. The Morgan fingerprint density at radius 1 is 1.03 bits per heavy atom. The van der Waals surface area contributed by atoms with E-state index in [-0.39, 0.29) is 24.2 Å². The van der Waals surface area contributed by atoms with E-state index in [1.807, 2.05) is 45.0 Å². The molecule has 0 saturated heterocycles. The van der Waals surface area contributed by atoms with Crippen molar-refractivity contribution < 1.29 is 22.7 Å². The van der Waals surface area contributed by atoms with Crippen LogP contribution in [0.1, 0.15) is 45.2 Å². The first-order valence-electron chi connectivity index (χ1n) is 11.8. The Hall–Kier alpha value is -3.07. The number of aryl methyl sites for hydroxylation is 1. The average molecular weight is 504 g/mol. The molecule has 1 N–H and O–H groups in total. The molecule has 0 fully saturated rings. The maximum Gasteiger partial charge on any atom is 0.244 e. The Bertz CT molecular complexity index is 1120. The zero-order valence-corrected chi connectivity index (χ0v) is 22.3. The first-order chi connectivity index (χ1) is 16.5. The lowest BCUT2D eigenvalue weighted by Crippen LogP contribution is -2.52. The minimum Gasteiger partial charge on any atom is -0.492 e. The molecular formula is C26H37N3O5S. The third kappa shape index (κ3) is 7.71. The van der Waals surface area contributed by atoms with Crippen LogP contribution in [-0.2, 0) is 26.2 Å². The summed E-state index contributed by atoms with van der Waals surface area (Å²) in [5.41, 5.74) is 2.13. The SMILES string of the molecule is CCOc1ccccc1N(CC(=O)N(Cc1ccccc1C)[C@@H](C)C(=O)N[C@@H](C)CC)S(C)(=O)=O. The van der Waals surface area contributed by atoms with Crippen LogP contribution in [0.5, 0.6) is 5.75 Å². The lowest BCUT2D eigenvalue weighted by Gasteiger charge is -2.32. The molecule has 0 bridgehead atoms. The number of amides is 2. The lowest BCUT2D eigenvalue weighted by molar-refractivity contribution is -0.139. The molecule has 192 valence electrons.